The van der Waals surface area contributed by atoms with Gasteiger partial charge >= 0.3 is 0 Å². The molecule has 0 unspecified atom stereocenters. The van der Waals surface area contributed by atoms with Crippen molar-refractivity contribution in [1.29, 1.82) is 0 Å². The van der Waals surface area contributed by atoms with Gasteiger partial charge < -0.3 is 9.12 Å². The summed E-state index contributed by atoms with van der Waals surface area (Å²) >= 11 is -1.41. The van der Waals surface area contributed by atoms with Crippen LogP contribution in [0, 0.1) is 11.6 Å². The van der Waals surface area contributed by atoms with E-state index >= 15 is 4.39 Å². The number of aromatic nitrogens is 1. The third kappa shape index (κ3) is 7.53. The first kappa shape index (κ1) is 30.5. The number of hydrogen-bond donors (Lipinski definition) is 2. The van der Waals surface area contributed by atoms with Crippen molar-refractivity contribution >= 4 is 32.9 Å². The van der Waals surface area contributed by atoms with Crippen LogP contribution in [0.2, 0.25) is 0 Å². The number of anilines is 1. The van der Waals surface area contributed by atoms with E-state index in [2.05, 4.69) is 9.44 Å². The van der Waals surface area contributed by atoms with Crippen LogP contribution in [0.4, 0.5) is 14.5 Å². The van der Waals surface area contributed by atoms with Crippen LogP contribution in [0.3, 0.4) is 0 Å². The number of sulfonamides is 1. The van der Waals surface area contributed by atoms with Crippen LogP contribution in [0.1, 0.15) is 61.1 Å². The number of halogens is 2. The number of carbonyl (C=O) groups is 1. The lowest BCUT2D eigenvalue weighted by atomic mass is 9.90. The Hall–Kier alpha value is -3.06. The monoisotopic (exact) mass is 579 g/mol. The van der Waals surface area contributed by atoms with Crippen molar-refractivity contribution in [3.8, 4) is 11.1 Å². The van der Waals surface area contributed by atoms with E-state index in [1.807, 2.05) is 6.92 Å². The summed E-state index contributed by atoms with van der Waals surface area (Å²) in [7, 11) is -2.38. The summed E-state index contributed by atoms with van der Waals surface area (Å²) in [6, 6.07) is 7.54. The normalized spacial score (nSPS) is 13.2. The first-order valence-corrected chi connectivity index (χ1v) is 15.3. The lowest BCUT2D eigenvalue weighted by molar-refractivity contribution is 0.103. The van der Waals surface area contributed by atoms with E-state index < -0.39 is 44.8 Å². The van der Waals surface area contributed by atoms with E-state index in [9.17, 15) is 27.0 Å². The number of unbranched alkanes of at least 4 members (excludes halogenated alkanes) is 1. The van der Waals surface area contributed by atoms with Crippen molar-refractivity contribution in [2.75, 3.05) is 16.2 Å². The number of rotatable bonds is 12. The quantitative estimate of drug-likeness (QED) is 0.242. The average Bonchev–Trinajstić information content (AvgIpc) is 2.89. The highest BCUT2D eigenvalue weighted by Gasteiger charge is 2.25. The SMILES string of the molecule is CCCC[S@+]([O-])N[C@@H](C)c1cc(=O)n(C)cc1-c1cc(NS(=O)(=O)CC)c(F)cc1C(=O)c1ccc(F)cc1. The molecule has 2 aromatic carbocycles. The van der Waals surface area contributed by atoms with Crippen molar-refractivity contribution < 1.29 is 26.5 Å². The van der Waals surface area contributed by atoms with E-state index in [1.54, 1.807) is 6.92 Å². The predicted molar refractivity (Wildman–Crippen MR) is 149 cm³/mol. The Morgan fingerprint density at radius 1 is 1.10 bits per heavy atom. The molecule has 0 aliphatic carbocycles. The van der Waals surface area contributed by atoms with Crippen LogP contribution in [-0.2, 0) is 28.4 Å². The summed E-state index contributed by atoms with van der Waals surface area (Å²) in [5.74, 6) is -2.10. The van der Waals surface area contributed by atoms with Crippen LogP contribution < -0.4 is 15.0 Å². The fourth-order valence-electron chi connectivity index (χ4n) is 3.88. The van der Waals surface area contributed by atoms with Gasteiger partial charge in [0.2, 0.25) is 10.0 Å². The first-order valence-electron chi connectivity index (χ1n) is 12.4. The van der Waals surface area contributed by atoms with Gasteiger partial charge in [0.05, 0.1) is 17.5 Å². The summed E-state index contributed by atoms with van der Waals surface area (Å²) in [6.45, 7) is 5.07. The van der Waals surface area contributed by atoms with Gasteiger partial charge in [0.15, 0.2) is 5.78 Å². The molecular weight excluding hydrogens is 548 g/mol. The molecular formula is C27H31F2N3O5S2. The number of ketones is 1. The molecule has 0 spiro atoms. The van der Waals surface area contributed by atoms with Crippen molar-refractivity contribution in [3.05, 3.63) is 87.3 Å². The Morgan fingerprint density at radius 2 is 1.77 bits per heavy atom. The molecule has 3 aromatic rings. The maximum absolute atomic E-state index is 15.2. The van der Waals surface area contributed by atoms with Crippen LogP contribution in [-0.4, -0.2) is 34.8 Å². The molecule has 39 heavy (non-hydrogen) atoms. The first-order chi connectivity index (χ1) is 18.4. The molecule has 0 saturated carbocycles. The number of carbonyl (C=O) groups excluding carboxylic acids is 1. The van der Waals surface area contributed by atoms with Crippen molar-refractivity contribution in [2.24, 2.45) is 7.05 Å². The van der Waals surface area contributed by atoms with Gasteiger partial charge in [-0.05, 0) is 67.8 Å². The van der Waals surface area contributed by atoms with Crippen LogP contribution in [0.15, 0.2) is 53.5 Å². The van der Waals surface area contributed by atoms with Gasteiger partial charge in [-0.2, -0.15) is 0 Å². The van der Waals surface area contributed by atoms with Crippen LogP contribution in [0.25, 0.3) is 11.1 Å². The Balaban J connectivity index is 2.26. The minimum atomic E-state index is -3.87. The molecule has 0 bridgehead atoms. The second kappa shape index (κ2) is 12.9. The summed E-state index contributed by atoms with van der Waals surface area (Å²) in [6.07, 6.45) is 3.03. The Kier molecular flexibility index (Phi) is 10.1. The van der Waals surface area contributed by atoms with E-state index in [4.69, 9.17) is 0 Å². The number of nitrogens with one attached hydrogen (secondary N) is 2. The number of aryl methyl sites for hydroxylation is 1. The van der Waals surface area contributed by atoms with Gasteiger partial charge in [0.1, 0.15) is 17.4 Å². The number of benzene rings is 2. The third-order valence-electron chi connectivity index (χ3n) is 6.11. The molecule has 0 radical (unpaired) electrons. The zero-order chi connectivity index (χ0) is 28.9. The maximum Gasteiger partial charge on any atom is 0.250 e. The summed E-state index contributed by atoms with van der Waals surface area (Å²) in [5.41, 5.74) is 0.0451. The Morgan fingerprint density at radius 3 is 2.38 bits per heavy atom. The molecule has 1 heterocycles. The predicted octanol–water partition coefficient (Wildman–Crippen LogP) is 4.44. The minimum Gasteiger partial charge on any atom is -0.598 e. The smallest absolute Gasteiger partial charge is 0.250 e. The highest BCUT2D eigenvalue weighted by molar-refractivity contribution is 7.92. The van der Waals surface area contributed by atoms with E-state index in [1.165, 1.54) is 49.0 Å². The van der Waals surface area contributed by atoms with Gasteiger partial charge in [-0.3, -0.25) is 14.3 Å². The number of hydrogen-bond acceptors (Lipinski definition) is 6. The topological polar surface area (TPSA) is 120 Å². The second-order valence-corrected chi connectivity index (χ2v) is 12.4. The molecule has 1 aromatic heterocycles. The van der Waals surface area contributed by atoms with Crippen molar-refractivity contribution in [1.82, 2.24) is 9.29 Å². The fourth-order valence-corrected chi connectivity index (χ4v) is 5.71. The molecule has 0 aliphatic rings. The summed E-state index contributed by atoms with van der Waals surface area (Å²) in [5, 5.41) is 0. The lowest BCUT2D eigenvalue weighted by Gasteiger charge is -2.22. The zero-order valence-electron chi connectivity index (χ0n) is 22.1. The van der Waals surface area contributed by atoms with Crippen molar-refractivity contribution in [3.63, 3.8) is 0 Å². The van der Waals surface area contributed by atoms with Gasteiger partial charge in [-0.1, -0.05) is 13.3 Å². The molecule has 210 valence electrons. The molecule has 0 saturated heterocycles. The largest absolute Gasteiger partial charge is 0.598 e. The zero-order valence-corrected chi connectivity index (χ0v) is 23.7. The third-order valence-corrected chi connectivity index (χ3v) is 8.68. The maximum atomic E-state index is 15.2. The van der Waals surface area contributed by atoms with E-state index in [-0.39, 0.29) is 33.7 Å². The molecule has 0 aliphatic heterocycles. The number of pyridine rings is 1. The lowest BCUT2D eigenvalue weighted by Crippen LogP contribution is -2.31. The highest BCUT2D eigenvalue weighted by atomic mass is 32.2. The highest BCUT2D eigenvalue weighted by Crippen LogP contribution is 2.35. The second-order valence-electron chi connectivity index (χ2n) is 9.05. The Labute approximate surface area is 229 Å². The summed E-state index contributed by atoms with van der Waals surface area (Å²) in [4.78, 5) is 26.1. The average molecular weight is 580 g/mol. The van der Waals surface area contributed by atoms with E-state index in [0.29, 0.717) is 16.9 Å². The standard InChI is InChI=1S/C27H31F2N3O5S2/c1-5-7-12-38(35)30-17(3)20-15-26(33)32(4)16-23(20)21-14-25(31-39(36,37)6-2)24(29)13-22(21)27(34)18-8-10-19(28)11-9-18/h8-11,13-17,30-31H,5-7,12H2,1-4H3/t17-,38-/m0/s1. The number of nitrogens with zero attached hydrogens (tertiary/aromatic N) is 1. The molecule has 3 rings (SSSR count). The molecule has 12 heteroatoms. The van der Waals surface area contributed by atoms with Gasteiger partial charge in [0.25, 0.3) is 5.56 Å². The molecule has 0 amide bonds. The minimum absolute atomic E-state index is 0.0807. The Bertz CT molecular complexity index is 1510. The van der Waals surface area contributed by atoms with E-state index in [0.717, 1.165) is 31.0 Å². The van der Waals surface area contributed by atoms with Gasteiger partial charge in [-0.25, -0.2) is 17.2 Å². The molecule has 2 N–H and O–H groups in total. The molecule has 0 fully saturated rings. The van der Waals surface area contributed by atoms with Crippen molar-refractivity contribution in [2.45, 2.75) is 39.7 Å². The molecule has 2 atom stereocenters. The van der Waals surface area contributed by atoms with Gasteiger partial charge in [0, 0.05) is 47.4 Å². The van der Waals surface area contributed by atoms with Gasteiger partial charge in [-0.15, -0.1) is 4.72 Å². The van der Waals surface area contributed by atoms with Crippen LogP contribution >= 0.6 is 0 Å². The van der Waals surface area contributed by atoms with Crippen LogP contribution in [0.5, 0.6) is 0 Å². The fraction of sp³-hybridized carbons (Fsp3) is 0.333. The molecule has 8 nitrogen and oxygen atoms in total. The summed E-state index contributed by atoms with van der Waals surface area (Å²) < 4.78 is 72.2.